The van der Waals surface area contributed by atoms with Gasteiger partial charge in [0.25, 0.3) is 0 Å². The number of nitrogens with zero attached hydrogens (tertiary/aromatic N) is 6. The molecule has 10 nitrogen and oxygen atoms in total. The van der Waals surface area contributed by atoms with Crippen LogP contribution >= 0.6 is 0 Å². The first-order valence-corrected chi connectivity index (χ1v) is 14.6. The van der Waals surface area contributed by atoms with Crippen molar-refractivity contribution in [1.29, 1.82) is 0 Å². The van der Waals surface area contributed by atoms with Crippen molar-refractivity contribution in [2.45, 2.75) is 6.17 Å². The van der Waals surface area contributed by atoms with Crippen LogP contribution in [-0.2, 0) is 10.0 Å². The molecule has 40 heavy (non-hydrogen) atoms. The Kier molecular flexibility index (Phi) is 8.03. The summed E-state index contributed by atoms with van der Waals surface area (Å²) in [7, 11) is -1.83. The van der Waals surface area contributed by atoms with Gasteiger partial charge in [-0.25, -0.2) is 27.1 Å². The minimum Gasteiger partial charge on any atom is -0.324 e. The fraction of sp³-hybridized carbons (Fsp3) is 0.250. The van der Waals surface area contributed by atoms with Crippen molar-refractivity contribution < 1.29 is 12.8 Å². The van der Waals surface area contributed by atoms with E-state index in [2.05, 4.69) is 37.1 Å². The summed E-state index contributed by atoms with van der Waals surface area (Å²) < 4.78 is 42.0. The van der Waals surface area contributed by atoms with Gasteiger partial charge < -0.3 is 16.0 Å². The van der Waals surface area contributed by atoms with Crippen molar-refractivity contribution in [3.8, 4) is 11.3 Å². The third-order valence-corrected chi connectivity index (χ3v) is 7.84. The summed E-state index contributed by atoms with van der Waals surface area (Å²) in [5.41, 5.74) is 9.39. The molecule has 2 aromatic carbocycles. The van der Waals surface area contributed by atoms with Crippen molar-refractivity contribution >= 4 is 33.0 Å². The zero-order valence-electron chi connectivity index (χ0n) is 22.3. The van der Waals surface area contributed by atoms with E-state index >= 15 is 4.39 Å². The maximum atomic E-state index is 15.1. The molecule has 0 amide bonds. The molecule has 4 aromatic rings. The third-order valence-electron chi connectivity index (χ3n) is 6.77. The smallest absolute Gasteiger partial charge is 0.236 e. The van der Waals surface area contributed by atoms with Gasteiger partial charge in [-0.15, -0.1) is 0 Å². The Morgan fingerprint density at radius 2 is 1.77 bits per heavy atom. The van der Waals surface area contributed by atoms with Crippen molar-refractivity contribution in [2.75, 3.05) is 49.1 Å². The maximum absolute atomic E-state index is 15.1. The highest BCUT2D eigenvalue weighted by Gasteiger charge is 2.25. The quantitative estimate of drug-likeness (QED) is 0.331. The summed E-state index contributed by atoms with van der Waals surface area (Å²) in [6.07, 6.45) is 5.68. The highest BCUT2D eigenvalue weighted by molar-refractivity contribution is 7.92. The number of likely N-dealkylation sites (N-methyl/N-ethyl adjacent to an activating group) is 1. The molecule has 1 aliphatic heterocycles. The number of pyridine rings is 1. The predicted molar refractivity (Wildman–Crippen MR) is 154 cm³/mol. The first kappa shape index (κ1) is 27.6. The van der Waals surface area contributed by atoms with Crippen LogP contribution < -0.4 is 15.4 Å². The second-order valence-corrected chi connectivity index (χ2v) is 11.5. The van der Waals surface area contributed by atoms with E-state index in [1.165, 1.54) is 18.2 Å². The van der Waals surface area contributed by atoms with Crippen LogP contribution in [0.15, 0.2) is 79.3 Å². The number of sulfonamides is 1. The van der Waals surface area contributed by atoms with Gasteiger partial charge in [-0.05, 0) is 61.1 Å². The molecule has 208 valence electrons. The lowest BCUT2D eigenvalue weighted by molar-refractivity contribution is 0.114. The summed E-state index contributed by atoms with van der Waals surface area (Å²) in [6, 6.07) is 16.4. The number of nitrogens with two attached hydrogens (primary N) is 1. The van der Waals surface area contributed by atoms with Crippen LogP contribution in [0.1, 0.15) is 11.7 Å². The molecule has 1 unspecified atom stereocenters. The van der Waals surface area contributed by atoms with Gasteiger partial charge in [-0.2, -0.15) is 0 Å². The van der Waals surface area contributed by atoms with Crippen LogP contribution in [0, 0.1) is 5.82 Å². The molecular weight excluding hydrogens is 531 g/mol. The molecule has 2 aromatic heterocycles. The SMILES string of the molecule is CN1CCN(C(N)c2ccc(N(c3cc(Nc4nccc(-c5cccnc5)n4)ccc3F)S(C)(=O)=O)cc2)CC1. The normalized spacial score (nSPS) is 15.5. The Hall–Kier alpha value is -3.97. The number of hydrogen-bond acceptors (Lipinski definition) is 9. The molecule has 1 aliphatic rings. The third kappa shape index (κ3) is 6.26. The van der Waals surface area contributed by atoms with Gasteiger partial charge in [-0.3, -0.25) is 9.88 Å². The number of anilines is 4. The lowest BCUT2D eigenvalue weighted by Gasteiger charge is -2.36. The molecule has 1 atom stereocenters. The van der Waals surface area contributed by atoms with Crippen LogP contribution in [0.5, 0.6) is 0 Å². The van der Waals surface area contributed by atoms with E-state index in [1.807, 2.05) is 12.1 Å². The van der Waals surface area contributed by atoms with Gasteiger partial charge in [0.15, 0.2) is 0 Å². The Morgan fingerprint density at radius 3 is 2.45 bits per heavy atom. The van der Waals surface area contributed by atoms with Crippen molar-refractivity contribution in [3.63, 3.8) is 0 Å². The van der Waals surface area contributed by atoms with Crippen molar-refractivity contribution in [1.82, 2.24) is 24.8 Å². The van der Waals surface area contributed by atoms with E-state index in [0.29, 0.717) is 17.1 Å². The van der Waals surface area contributed by atoms with E-state index in [9.17, 15) is 8.42 Å². The van der Waals surface area contributed by atoms with Crippen LogP contribution in [-0.4, -0.2) is 72.7 Å². The first-order chi connectivity index (χ1) is 19.2. The Morgan fingerprint density at radius 1 is 1.02 bits per heavy atom. The number of piperazine rings is 1. The summed E-state index contributed by atoms with van der Waals surface area (Å²) in [4.78, 5) is 17.3. The monoisotopic (exact) mass is 562 g/mol. The Labute approximate surface area is 233 Å². The standard InChI is InChI=1S/C28H31FN8O2S/c1-35-14-16-36(17-15-35)27(30)20-5-8-23(9-6-20)37(40(2,38)39)26-18-22(7-10-24(26)29)33-28-32-13-11-25(34-28)21-4-3-12-31-19-21/h3-13,18-19,27H,14-17,30H2,1-2H3,(H,32,33,34). The lowest BCUT2D eigenvalue weighted by atomic mass is 10.1. The van der Waals surface area contributed by atoms with Crippen LogP contribution in [0.3, 0.4) is 0 Å². The second-order valence-electron chi connectivity index (χ2n) is 9.70. The topological polar surface area (TPSA) is 121 Å². The molecule has 0 spiro atoms. The Balaban J connectivity index is 1.41. The minimum atomic E-state index is -3.91. The molecule has 0 aliphatic carbocycles. The number of benzene rings is 2. The maximum Gasteiger partial charge on any atom is 0.236 e. The highest BCUT2D eigenvalue weighted by Crippen LogP contribution is 2.34. The minimum absolute atomic E-state index is 0.132. The molecule has 0 bridgehead atoms. The molecule has 3 heterocycles. The van der Waals surface area contributed by atoms with Crippen LogP contribution in [0.4, 0.5) is 27.4 Å². The summed E-state index contributed by atoms with van der Waals surface area (Å²) in [5.74, 6) is -0.425. The molecule has 0 radical (unpaired) electrons. The number of nitrogens with one attached hydrogen (secondary N) is 1. The second kappa shape index (κ2) is 11.6. The molecule has 1 saturated heterocycles. The molecule has 12 heteroatoms. The number of hydrogen-bond donors (Lipinski definition) is 2. The van der Waals surface area contributed by atoms with Crippen molar-refractivity contribution in [2.24, 2.45) is 5.73 Å². The molecule has 5 rings (SSSR count). The van der Waals surface area contributed by atoms with E-state index in [-0.39, 0.29) is 17.8 Å². The predicted octanol–water partition coefficient (Wildman–Crippen LogP) is 3.72. The van der Waals surface area contributed by atoms with Gasteiger partial charge >= 0.3 is 0 Å². The average molecular weight is 563 g/mol. The van der Waals surface area contributed by atoms with Gasteiger partial charge in [0.2, 0.25) is 16.0 Å². The summed E-state index contributed by atoms with van der Waals surface area (Å²) in [6.45, 7) is 3.54. The van der Waals surface area contributed by atoms with Gasteiger partial charge in [0, 0.05) is 56.0 Å². The average Bonchev–Trinajstić information content (AvgIpc) is 2.95. The van der Waals surface area contributed by atoms with Gasteiger partial charge in [0.05, 0.1) is 29.5 Å². The molecular formula is C28H31FN8O2S. The molecule has 0 saturated carbocycles. The Bertz CT molecular complexity index is 1560. The zero-order valence-corrected chi connectivity index (χ0v) is 23.1. The number of halogens is 1. The van der Waals surface area contributed by atoms with E-state index in [1.54, 1.807) is 48.9 Å². The first-order valence-electron chi connectivity index (χ1n) is 12.8. The van der Waals surface area contributed by atoms with Gasteiger partial charge in [-0.1, -0.05) is 12.1 Å². The fourth-order valence-corrected chi connectivity index (χ4v) is 5.60. The fourth-order valence-electron chi connectivity index (χ4n) is 4.60. The summed E-state index contributed by atoms with van der Waals surface area (Å²) in [5, 5.41) is 3.05. The van der Waals surface area contributed by atoms with E-state index in [4.69, 9.17) is 5.73 Å². The van der Waals surface area contributed by atoms with Crippen molar-refractivity contribution in [3.05, 3.63) is 90.6 Å². The lowest BCUT2D eigenvalue weighted by Crippen LogP contribution is -2.48. The largest absolute Gasteiger partial charge is 0.324 e. The van der Waals surface area contributed by atoms with Crippen LogP contribution in [0.2, 0.25) is 0 Å². The number of aromatic nitrogens is 3. The van der Waals surface area contributed by atoms with Crippen LogP contribution in [0.25, 0.3) is 11.3 Å². The van der Waals surface area contributed by atoms with E-state index < -0.39 is 15.8 Å². The highest BCUT2D eigenvalue weighted by atomic mass is 32.2. The number of rotatable bonds is 8. The molecule has 3 N–H and O–H groups in total. The summed E-state index contributed by atoms with van der Waals surface area (Å²) >= 11 is 0. The molecule has 1 fully saturated rings. The zero-order chi connectivity index (χ0) is 28.3. The van der Waals surface area contributed by atoms with E-state index in [0.717, 1.165) is 47.9 Å². The van der Waals surface area contributed by atoms with Gasteiger partial charge in [0.1, 0.15) is 5.82 Å².